The summed E-state index contributed by atoms with van der Waals surface area (Å²) in [6.45, 7) is 1.79. The number of rotatable bonds is 4. The van der Waals surface area contributed by atoms with Crippen molar-refractivity contribution in [1.29, 1.82) is 0 Å². The average molecular weight is 284 g/mol. The van der Waals surface area contributed by atoms with Crippen LogP contribution in [0.4, 0.5) is 4.39 Å². The zero-order valence-corrected chi connectivity index (χ0v) is 11.9. The topological polar surface area (TPSA) is 12.0 Å². The Labute approximate surface area is 116 Å². The summed E-state index contributed by atoms with van der Waals surface area (Å²) in [4.78, 5) is 1.15. The van der Waals surface area contributed by atoms with E-state index in [1.165, 1.54) is 11.3 Å². The molecule has 1 atom stereocenters. The predicted molar refractivity (Wildman–Crippen MR) is 76.0 cm³/mol. The first-order chi connectivity index (χ1) is 8.61. The quantitative estimate of drug-likeness (QED) is 0.879. The van der Waals surface area contributed by atoms with E-state index in [9.17, 15) is 4.39 Å². The fraction of sp³-hybridized carbons (Fsp3) is 0.286. The highest BCUT2D eigenvalue weighted by Gasteiger charge is 2.16. The van der Waals surface area contributed by atoms with Crippen LogP contribution in [0.1, 0.15) is 22.0 Å². The summed E-state index contributed by atoms with van der Waals surface area (Å²) in [5, 5.41) is 3.17. The lowest BCUT2D eigenvalue weighted by atomic mass is 10.0. The lowest BCUT2D eigenvalue weighted by Gasteiger charge is -2.17. The van der Waals surface area contributed by atoms with Crippen molar-refractivity contribution in [2.45, 2.75) is 19.4 Å². The molecule has 1 unspecified atom stereocenters. The van der Waals surface area contributed by atoms with Crippen LogP contribution in [0.25, 0.3) is 0 Å². The van der Waals surface area contributed by atoms with Crippen molar-refractivity contribution in [2.24, 2.45) is 0 Å². The van der Waals surface area contributed by atoms with Gasteiger partial charge in [0.15, 0.2) is 0 Å². The molecule has 0 saturated heterocycles. The van der Waals surface area contributed by atoms with Gasteiger partial charge in [-0.05, 0) is 31.7 Å². The SMILES string of the molecule is CNC(Cc1ccc(Cl)s1)c1cccc(C)c1F. The molecule has 0 bridgehead atoms. The largest absolute Gasteiger partial charge is 0.313 e. The van der Waals surface area contributed by atoms with E-state index in [2.05, 4.69) is 5.32 Å². The first-order valence-electron chi connectivity index (χ1n) is 5.78. The molecule has 1 aromatic carbocycles. The second-order valence-electron chi connectivity index (χ2n) is 4.23. The van der Waals surface area contributed by atoms with Crippen LogP contribution in [-0.2, 0) is 6.42 Å². The van der Waals surface area contributed by atoms with Crippen LogP contribution >= 0.6 is 22.9 Å². The Morgan fingerprint density at radius 2 is 2.11 bits per heavy atom. The van der Waals surface area contributed by atoms with Gasteiger partial charge in [0, 0.05) is 22.9 Å². The van der Waals surface area contributed by atoms with Gasteiger partial charge in [0.25, 0.3) is 0 Å². The van der Waals surface area contributed by atoms with Crippen molar-refractivity contribution in [1.82, 2.24) is 5.32 Å². The van der Waals surface area contributed by atoms with Crippen LogP contribution < -0.4 is 5.32 Å². The minimum absolute atomic E-state index is 0.0281. The fourth-order valence-corrected chi connectivity index (χ4v) is 3.10. The van der Waals surface area contributed by atoms with Crippen molar-refractivity contribution >= 4 is 22.9 Å². The van der Waals surface area contributed by atoms with Crippen molar-refractivity contribution in [3.8, 4) is 0 Å². The van der Waals surface area contributed by atoms with Crippen LogP contribution in [-0.4, -0.2) is 7.05 Å². The van der Waals surface area contributed by atoms with Gasteiger partial charge in [-0.1, -0.05) is 29.8 Å². The highest BCUT2D eigenvalue weighted by molar-refractivity contribution is 7.16. The van der Waals surface area contributed by atoms with Crippen molar-refractivity contribution in [2.75, 3.05) is 7.05 Å². The first-order valence-corrected chi connectivity index (χ1v) is 6.97. The van der Waals surface area contributed by atoms with Gasteiger partial charge < -0.3 is 5.32 Å². The van der Waals surface area contributed by atoms with Crippen LogP contribution in [0.5, 0.6) is 0 Å². The third kappa shape index (κ3) is 2.91. The molecular weight excluding hydrogens is 269 g/mol. The van der Waals surface area contributed by atoms with Gasteiger partial charge in [-0.25, -0.2) is 4.39 Å². The van der Waals surface area contributed by atoms with E-state index in [0.29, 0.717) is 11.1 Å². The summed E-state index contributed by atoms with van der Waals surface area (Å²) in [5.41, 5.74) is 1.39. The zero-order valence-electron chi connectivity index (χ0n) is 10.3. The smallest absolute Gasteiger partial charge is 0.130 e. The molecule has 0 amide bonds. The number of nitrogens with one attached hydrogen (secondary N) is 1. The molecule has 1 N–H and O–H groups in total. The highest BCUT2D eigenvalue weighted by Crippen LogP contribution is 2.28. The summed E-state index contributed by atoms with van der Waals surface area (Å²) in [6, 6.07) is 9.34. The van der Waals surface area contributed by atoms with Gasteiger partial charge in [0.1, 0.15) is 5.82 Å². The third-order valence-electron chi connectivity index (χ3n) is 2.98. The molecule has 4 heteroatoms. The summed E-state index contributed by atoms with van der Waals surface area (Å²) in [5.74, 6) is -0.125. The molecule has 18 heavy (non-hydrogen) atoms. The Balaban J connectivity index is 2.25. The molecule has 0 saturated carbocycles. The molecule has 0 aliphatic heterocycles. The molecule has 0 fully saturated rings. The normalized spacial score (nSPS) is 12.7. The second-order valence-corrected chi connectivity index (χ2v) is 6.03. The number of benzene rings is 1. The standard InChI is InChI=1S/C14H15ClFNS/c1-9-4-3-5-11(14(9)16)12(17-2)8-10-6-7-13(15)18-10/h3-7,12,17H,8H2,1-2H3. The van der Waals surface area contributed by atoms with Crippen LogP contribution in [0, 0.1) is 12.7 Å². The maximum atomic E-state index is 14.1. The van der Waals surface area contributed by atoms with Gasteiger partial charge in [0.2, 0.25) is 0 Å². The molecule has 96 valence electrons. The molecule has 0 aliphatic carbocycles. The molecule has 0 aliphatic rings. The summed E-state index contributed by atoms with van der Waals surface area (Å²) >= 11 is 7.45. The zero-order chi connectivity index (χ0) is 13.1. The predicted octanol–water partition coefficient (Wildman–Crippen LogP) is 4.35. The Kier molecular flexibility index (Phi) is 4.38. The van der Waals surface area contributed by atoms with Gasteiger partial charge >= 0.3 is 0 Å². The molecular formula is C14H15ClFNS. The maximum Gasteiger partial charge on any atom is 0.130 e. The van der Waals surface area contributed by atoms with Crippen molar-refractivity contribution < 1.29 is 4.39 Å². The fourth-order valence-electron chi connectivity index (χ4n) is 1.97. The van der Waals surface area contributed by atoms with E-state index in [0.717, 1.165) is 15.6 Å². The van der Waals surface area contributed by atoms with Gasteiger partial charge in [0.05, 0.1) is 4.34 Å². The highest BCUT2D eigenvalue weighted by atomic mass is 35.5. The summed E-state index contributed by atoms with van der Waals surface area (Å²) in [6.07, 6.45) is 0.744. The average Bonchev–Trinajstić information content (AvgIpc) is 2.76. The number of thiophene rings is 1. The minimum Gasteiger partial charge on any atom is -0.313 e. The third-order valence-corrected chi connectivity index (χ3v) is 4.23. The van der Waals surface area contributed by atoms with E-state index in [-0.39, 0.29) is 11.9 Å². The first kappa shape index (κ1) is 13.5. The summed E-state index contributed by atoms with van der Waals surface area (Å²) in [7, 11) is 1.85. The van der Waals surface area contributed by atoms with E-state index in [1.807, 2.05) is 31.3 Å². The van der Waals surface area contributed by atoms with E-state index < -0.39 is 0 Å². The Morgan fingerprint density at radius 3 is 2.72 bits per heavy atom. The monoisotopic (exact) mass is 283 g/mol. The number of hydrogen-bond acceptors (Lipinski definition) is 2. The number of aryl methyl sites for hydroxylation is 1. The number of likely N-dealkylation sites (N-methyl/N-ethyl adjacent to an activating group) is 1. The molecule has 2 rings (SSSR count). The van der Waals surface area contributed by atoms with Gasteiger partial charge in [-0.15, -0.1) is 11.3 Å². The molecule has 0 spiro atoms. The van der Waals surface area contributed by atoms with E-state index in [1.54, 1.807) is 13.0 Å². The van der Waals surface area contributed by atoms with Crippen LogP contribution in [0.2, 0.25) is 4.34 Å². The van der Waals surface area contributed by atoms with E-state index >= 15 is 0 Å². The van der Waals surface area contributed by atoms with Crippen LogP contribution in [0.15, 0.2) is 30.3 Å². The molecule has 1 aromatic heterocycles. The Morgan fingerprint density at radius 1 is 1.33 bits per heavy atom. The van der Waals surface area contributed by atoms with E-state index in [4.69, 9.17) is 11.6 Å². The van der Waals surface area contributed by atoms with Crippen LogP contribution in [0.3, 0.4) is 0 Å². The molecule has 0 radical (unpaired) electrons. The van der Waals surface area contributed by atoms with Crippen molar-refractivity contribution in [3.05, 3.63) is 56.5 Å². The molecule has 1 nitrogen and oxygen atoms in total. The number of halogens is 2. The minimum atomic E-state index is -0.125. The number of hydrogen-bond donors (Lipinski definition) is 1. The van der Waals surface area contributed by atoms with Gasteiger partial charge in [-0.2, -0.15) is 0 Å². The molecule has 2 aromatic rings. The lowest BCUT2D eigenvalue weighted by Crippen LogP contribution is -2.20. The Hall–Kier alpha value is -0.900. The lowest BCUT2D eigenvalue weighted by molar-refractivity contribution is 0.532. The van der Waals surface area contributed by atoms with Gasteiger partial charge in [-0.3, -0.25) is 0 Å². The summed E-state index contributed by atoms with van der Waals surface area (Å²) < 4.78 is 14.9. The Bertz CT molecular complexity index is 538. The second kappa shape index (κ2) is 5.83. The molecule has 1 heterocycles. The van der Waals surface area contributed by atoms with Crippen molar-refractivity contribution in [3.63, 3.8) is 0 Å². The maximum absolute atomic E-state index is 14.1.